The van der Waals surface area contributed by atoms with Crippen molar-refractivity contribution in [1.82, 2.24) is 9.62 Å². The summed E-state index contributed by atoms with van der Waals surface area (Å²) in [5.74, 6) is -0.141. The normalized spacial score (nSPS) is 17.2. The van der Waals surface area contributed by atoms with E-state index in [2.05, 4.69) is 10.0 Å². The average Bonchev–Trinajstić information content (AvgIpc) is 2.43. The minimum Gasteiger partial charge on any atom is -0.325 e. The van der Waals surface area contributed by atoms with E-state index >= 15 is 0 Å². The first-order valence-electron chi connectivity index (χ1n) is 7.17. The fourth-order valence-corrected chi connectivity index (χ4v) is 3.63. The number of benzene rings is 1. The molecule has 1 heterocycles. The van der Waals surface area contributed by atoms with Gasteiger partial charge in [0.15, 0.2) is 0 Å². The number of carbonyl (C=O) groups excluding carboxylic acids is 1. The molecule has 1 aliphatic rings. The first-order valence-corrected chi connectivity index (χ1v) is 9.82. The maximum Gasteiger partial charge on any atom is 0.238 e. The van der Waals surface area contributed by atoms with Crippen LogP contribution in [-0.2, 0) is 14.8 Å². The summed E-state index contributed by atoms with van der Waals surface area (Å²) >= 11 is 11.7. The van der Waals surface area contributed by atoms with Crippen LogP contribution in [0.3, 0.4) is 0 Å². The van der Waals surface area contributed by atoms with Crippen LogP contribution < -0.4 is 10.0 Å². The minimum atomic E-state index is -3.18. The number of sulfonamides is 1. The monoisotopic (exact) mass is 379 g/mol. The van der Waals surface area contributed by atoms with Gasteiger partial charge in [-0.1, -0.05) is 23.2 Å². The number of hydrogen-bond donors (Lipinski definition) is 2. The lowest BCUT2D eigenvalue weighted by Crippen LogP contribution is -2.46. The molecule has 1 amide bonds. The van der Waals surface area contributed by atoms with Crippen molar-refractivity contribution in [2.45, 2.75) is 18.9 Å². The van der Waals surface area contributed by atoms with E-state index in [-0.39, 0.29) is 18.5 Å². The molecule has 1 fully saturated rings. The maximum atomic E-state index is 12.0. The first kappa shape index (κ1) is 18.5. The van der Waals surface area contributed by atoms with Gasteiger partial charge >= 0.3 is 0 Å². The second kappa shape index (κ2) is 7.81. The molecule has 1 aliphatic heterocycles. The van der Waals surface area contributed by atoms with Crippen molar-refractivity contribution in [2.75, 3.05) is 31.2 Å². The maximum absolute atomic E-state index is 12.0. The van der Waals surface area contributed by atoms with Crippen LogP contribution in [0.5, 0.6) is 0 Å². The van der Waals surface area contributed by atoms with Crippen molar-refractivity contribution >= 4 is 44.8 Å². The van der Waals surface area contributed by atoms with Crippen molar-refractivity contribution in [2.24, 2.45) is 0 Å². The van der Waals surface area contributed by atoms with Gasteiger partial charge in [0.25, 0.3) is 0 Å². The smallest absolute Gasteiger partial charge is 0.238 e. The summed E-state index contributed by atoms with van der Waals surface area (Å²) < 4.78 is 25.0. The number of halogens is 2. The van der Waals surface area contributed by atoms with Crippen molar-refractivity contribution in [1.29, 1.82) is 0 Å². The highest BCUT2D eigenvalue weighted by atomic mass is 35.5. The molecule has 0 aromatic heterocycles. The van der Waals surface area contributed by atoms with Crippen molar-refractivity contribution < 1.29 is 13.2 Å². The Morgan fingerprint density at radius 1 is 1.26 bits per heavy atom. The third-order valence-electron chi connectivity index (χ3n) is 3.54. The average molecular weight is 380 g/mol. The molecule has 1 aromatic rings. The molecule has 2 N–H and O–H groups in total. The lowest BCUT2D eigenvalue weighted by Gasteiger charge is -2.31. The molecule has 128 valence electrons. The molecule has 23 heavy (non-hydrogen) atoms. The van der Waals surface area contributed by atoms with E-state index in [0.29, 0.717) is 41.7 Å². The summed E-state index contributed by atoms with van der Waals surface area (Å²) in [6.45, 7) is 1.59. The van der Waals surface area contributed by atoms with E-state index in [1.807, 2.05) is 4.90 Å². The Kier molecular flexibility index (Phi) is 6.27. The van der Waals surface area contributed by atoms with Crippen LogP contribution in [0.25, 0.3) is 0 Å². The molecule has 0 atom stereocenters. The Labute approximate surface area is 146 Å². The number of carbonyl (C=O) groups is 1. The highest BCUT2D eigenvalue weighted by Gasteiger charge is 2.22. The number of piperidine rings is 1. The standard InChI is InChI=1S/C14H19Cl2N3O3S/c1-23(21,22)18-10-4-6-19(7-5-10)9-14(20)17-11-2-3-12(15)13(16)8-11/h2-3,8,10,18H,4-7,9H2,1H3,(H,17,20). The second-order valence-electron chi connectivity index (χ2n) is 5.62. The lowest BCUT2D eigenvalue weighted by molar-refractivity contribution is -0.117. The van der Waals surface area contributed by atoms with E-state index in [9.17, 15) is 13.2 Å². The van der Waals surface area contributed by atoms with E-state index < -0.39 is 10.0 Å². The number of anilines is 1. The third-order valence-corrected chi connectivity index (χ3v) is 5.04. The molecular formula is C14H19Cl2N3O3S. The van der Waals surface area contributed by atoms with Crippen molar-refractivity contribution in [3.8, 4) is 0 Å². The van der Waals surface area contributed by atoms with Crippen LogP contribution in [0, 0.1) is 0 Å². The molecule has 0 spiro atoms. The molecule has 0 bridgehead atoms. The van der Waals surface area contributed by atoms with Crippen molar-refractivity contribution in [3.05, 3.63) is 28.2 Å². The van der Waals surface area contributed by atoms with Crippen molar-refractivity contribution in [3.63, 3.8) is 0 Å². The molecule has 1 saturated heterocycles. The molecule has 9 heteroatoms. The Hall–Kier alpha value is -0.860. The van der Waals surface area contributed by atoms with Gasteiger partial charge in [-0.25, -0.2) is 13.1 Å². The Morgan fingerprint density at radius 3 is 2.48 bits per heavy atom. The van der Waals surface area contributed by atoms with Crippen LogP contribution in [-0.4, -0.2) is 51.2 Å². The fourth-order valence-electron chi connectivity index (χ4n) is 2.49. The summed E-state index contributed by atoms with van der Waals surface area (Å²) in [7, 11) is -3.18. The molecule has 0 radical (unpaired) electrons. The molecule has 6 nitrogen and oxygen atoms in total. The molecule has 2 rings (SSSR count). The van der Waals surface area contributed by atoms with Gasteiger partial charge in [-0.15, -0.1) is 0 Å². The highest BCUT2D eigenvalue weighted by molar-refractivity contribution is 7.88. The first-order chi connectivity index (χ1) is 10.7. The van der Waals surface area contributed by atoms with E-state index in [4.69, 9.17) is 23.2 Å². The summed E-state index contributed by atoms with van der Waals surface area (Å²) in [6.07, 6.45) is 2.53. The van der Waals surface area contributed by atoms with Gasteiger partial charge in [-0.3, -0.25) is 9.69 Å². The number of hydrogen-bond acceptors (Lipinski definition) is 4. The van der Waals surface area contributed by atoms with E-state index in [1.54, 1.807) is 18.2 Å². The number of likely N-dealkylation sites (tertiary alicyclic amines) is 1. The van der Waals surface area contributed by atoms with Gasteiger partial charge in [0.2, 0.25) is 15.9 Å². The van der Waals surface area contributed by atoms with Crippen LogP contribution in [0.1, 0.15) is 12.8 Å². The highest BCUT2D eigenvalue weighted by Crippen LogP contribution is 2.25. The van der Waals surface area contributed by atoms with E-state index in [1.165, 1.54) is 0 Å². The second-order valence-corrected chi connectivity index (χ2v) is 8.21. The van der Waals surface area contributed by atoms with Gasteiger partial charge in [0, 0.05) is 24.8 Å². The SMILES string of the molecule is CS(=O)(=O)NC1CCN(CC(=O)Nc2ccc(Cl)c(Cl)c2)CC1. The van der Waals surface area contributed by atoms with Gasteiger partial charge < -0.3 is 5.32 Å². The van der Waals surface area contributed by atoms with Crippen LogP contribution in [0.4, 0.5) is 5.69 Å². The number of nitrogens with one attached hydrogen (secondary N) is 2. The molecule has 0 saturated carbocycles. The number of rotatable bonds is 5. The predicted octanol–water partition coefficient (Wildman–Crippen LogP) is 1.95. The predicted molar refractivity (Wildman–Crippen MR) is 92.5 cm³/mol. The minimum absolute atomic E-state index is 0.0561. The zero-order valence-corrected chi connectivity index (χ0v) is 15.0. The largest absolute Gasteiger partial charge is 0.325 e. The molecule has 1 aromatic carbocycles. The zero-order valence-electron chi connectivity index (χ0n) is 12.7. The van der Waals surface area contributed by atoms with Gasteiger partial charge in [0.05, 0.1) is 22.8 Å². The van der Waals surface area contributed by atoms with Gasteiger partial charge in [-0.05, 0) is 31.0 Å². The molecule has 0 aliphatic carbocycles. The number of amides is 1. The number of nitrogens with zero attached hydrogens (tertiary/aromatic N) is 1. The van der Waals surface area contributed by atoms with Gasteiger partial charge in [0.1, 0.15) is 0 Å². The van der Waals surface area contributed by atoms with Crippen LogP contribution in [0.2, 0.25) is 10.0 Å². The van der Waals surface area contributed by atoms with Crippen LogP contribution in [0.15, 0.2) is 18.2 Å². The van der Waals surface area contributed by atoms with Crippen LogP contribution >= 0.6 is 23.2 Å². The zero-order chi connectivity index (χ0) is 17.0. The summed E-state index contributed by atoms with van der Waals surface area (Å²) in [4.78, 5) is 14.0. The van der Waals surface area contributed by atoms with E-state index in [0.717, 1.165) is 6.26 Å². The Morgan fingerprint density at radius 2 is 1.91 bits per heavy atom. The summed E-state index contributed by atoms with van der Waals surface area (Å²) in [5, 5.41) is 3.59. The third kappa shape index (κ3) is 6.27. The summed E-state index contributed by atoms with van der Waals surface area (Å²) in [5.41, 5.74) is 0.595. The quantitative estimate of drug-likeness (QED) is 0.819. The fraction of sp³-hybridized carbons (Fsp3) is 0.500. The molecule has 0 unspecified atom stereocenters. The lowest BCUT2D eigenvalue weighted by atomic mass is 10.1. The van der Waals surface area contributed by atoms with Gasteiger partial charge in [-0.2, -0.15) is 0 Å². The summed E-state index contributed by atoms with van der Waals surface area (Å²) in [6, 6.07) is 4.86. The topological polar surface area (TPSA) is 78.5 Å². The Balaban J connectivity index is 1.79. The Bertz CT molecular complexity index is 674. The molecular weight excluding hydrogens is 361 g/mol.